The third kappa shape index (κ3) is 4.57. The number of aromatic nitrogens is 1. The number of carbonyl (C=O) groups excluding carboxylic acids is 1. The molecule has 6 heteroatoms. The van der Waals surface area contributed by atoms with Gasteiger partial charge in [-0.05, 0) is 49.7 Å². The lowest BCUT2D eigenvalue weighted by molar-refractivity contribution is 0.0951. The van der Waals surface area contributed by atoms with Crippen LogP contribution in [0.5, 0.6) is 11.5 Å². The third-order valence-electron chi connectivity index (χ3n) is 4.08. The van der Waals surface area contributed by atoms with Gasteiger partial charge in [0.15, 0.2) is 0 Å². The summed E-state index contributed by atoms with van der Waals surface area (Å²) in [6.07, 6.45) is 0. The standard InChI is InChI=1S/C21H19ClN2O3/c1-13-10-14(2)24-21(26)18(13)12-23-20(25)17-9-8-16(11-19(17)22)27-15-6-4-3-5-7-15/h3-11H,12H2,1-2H3,(H,23,25)(H,24,26). The van der Waals surface area contributed by atoms with Crippen molar-refractivity contribution in [1.82, 2.24) is 10.3 Å². The van der Waals surface area contributed by atoms with Crippen molar-refractivity contribution in [3.63, 3.8) is 0 Å². The van der Waals surface area contributed by atoms with Crippen molar-refractivity contribution in [2.24, 2.45) is 0 Å². The van der Waals surface area contributed by atoms with Gasteiger partial charge < -0.3 is 15.0 Å². The fraction of sp³-hybridized carbons (Fsp3) is 0.143. The first-order valence-electron chi connectivity index (χ1n) is 8.44. The van der Waals surface area contributed by atoms with E-state index in [9.17, 15) is 9.59 Å². The Bertz CT molecular complexity index is 1030. The Morgan fingerprint density at radius 2 is 1.81 bits per heavy atom. The minimum absolute atomic E-state index is 0.124. The molecular formula is C21H19ClN2O3. The van der Waals surface area contributed by atoms with E-state index in [-0.39, 0.29) is 23.0 Å². The van der Waals surface area contributed by atoms with Gasteiger partial charge in [-0.25, -0.2) is 0 Å². The van der Waals surface area contributed by atoms with Crippen LogP contribution in [0.1, 0.15) is 27.2 Å². The van der Waals surface area contributed by atoms with Crippen molar-refractivity contribution in [3.05, 3.63) is 92.4 Å². The number of para-hydroxylation sites is 1. The number of ether oxygens (including phenoxy) is 1. The second-order valence-corrected chi connectivity index (χ2v) is 6.59. The van der Waals surface area contributed by atoms with Gasteiger partial charge in [-0.15, -0.1) is 0 Å². The first-order chi connectivity index (χ1) is 12.9. The van der Waals surface area contributed by atoms with Gasteiger partial charge >= 0.3 is 0 Å². The maximum absolute atomic E-state index is 12.4. The molecule has 0 aliphatic carbocycles. The molecule has 0 bridgehead atoms. The highest BCUT2D eigenvalue weighted by Crippen LogP contribution is 2.26. The van der Waals surface area contributed by atoms with E-state index in [1.165, 1.54) is 0 Å². The molecule has 1 aromatic heterocycles. The van der Waals surface area contributed by atoms with Crippen LogP contribution in [0, 0.1) is 13.8 Å². The summed E-state index contributed by atoms with van der Waals surface area (Å²) in [5.74, 6) is 0.860. The first kappa shape index (κ1) is 18.7. The molecule has 2 aromatic carbocycles. The monoisotopic (exact) mass is 382 g/mol. The molecule has 1 amide bonds. The maximum atomic E-state index is 12.4. The normalized spacial score (nSPS) is 10.5. The molecule has 0 fully saturated rings. The smallest absolute Gasteiger partial charge is 0.253 e. The summed E-state index contributed by atoms with van der Waals surface area (Å²) in [5.41, 5.74) is 2.25. The fourth-order valence-electron chi connectivity index (χ4n) is 2.73. The number of carbonyl (C=O) groups is 1. The molecular weight excluding hydrogens is 364 g/mol. The van der Waals surface area contributed by atoms with Gasteiger partial charge in [-0.1, -0.05) is 29.8 Å². The van der Waals surface area contributed by atoms with Gasteiger partial charge in [0.25, 0.3) is 11.5 Å². The third-order valence-corrected chi connectivity index (χ3v) is 4.40. The van der Waals surface area contributed by atoms with Gasteiger partial charge in [0, 0.05) is 23.9 Å². The van der Waals surface area contributed by atoms with Gasteiger partial charge in [-0.3, -0.25) is 9.59 Å². The van der Waals surface area contributed by atoms with Crippen LogP contribution in [0.2, 0.25) is 5.02 Å². The average molecular weight is 383 g/mol. The second-order valence-electron chi connectivity index (χ2n) is 6.18. The van der Waals surface area contributed by atoms with Gasteiger partial charge in [-0.2, -0.15) is 0 Å². The van der Waals surface area contributed by atoms with Crippen molar-refractivity contribution < 1.29 is 9.53 Å². The predicted molar refractivity (Wildman–Crippen MR) is 106 cm³/mol. The number of rotatable bonds is 5. The topological polar surface area (TPSA) is 71.2 Å². The van der Waals surface area contributed by atoms with E-state index in [0.717, 1.165) is 11.3 Å². The predicted octanol–water partition coefficient (Wildman–Crippen LogP) is 4.37. The molecule has 138 valence electrons. The Labute approximate surface area is 162 Å². The molecule has 0 aliphatic heterocycles. The number of hydrogen-bond donors (Lipinski definition) is 2. The number of pyridine rings is 1. The summed E-state index contributed by atoms with van der Waals surface area (Å²) in [5, 5.41) is 3.02. The van der Waals surface area contributed by atoms with E-state index in [0.29, 0.717) is 22.6 Å². The molecule has 0 unspecified atom stereocenters. The summed E-state index contributed by atoms with van der Waals surface area (Å²) in [6, 6.07) is 16.0. The lowest BCUT2D eigenvalue weighted by Crippen LogP contribution is -2.28. The van der Waals surface area contributed by atoms with Crippen LogP contribution in [0.15, 0.2) is 59.4 Å². The largest absolute Gasteiger partial charge is 0.457 e. The van der Waals surface area contributed by atoms with Gasteiger partial charge in [0.1, 0.15) is 11.5 Å². The van der Waals surface area contributed by atoms with Crippen molar-refractivity contribution in [2.45, 2.75) is 20.4 Å². The van der Waals surface area contributed by atoms with E-state index in [1.807, 2.05) is 50.2 Å². The summed E-state index contributed by atoms with van der Waals surface area (Å²) in [4.78, 5) is 27.2. The van der Waals surface area contributed by atoms with E-state index in [2.05, 4.69) is 10.3 Å². The SMILES string of the molecule is Cc1cc(C)c(CNC(=O)c2ccc(Oc3ccccc3)cc2Cl)c(=O)[nH]1. The molecule has 0 atom stereocenters. The number of benzene rings is 2. The molecule has 3 rings (SSSR count). The zero-order valence-corrected chi connectivity index (χ0v) is 15.8. The Balaban J connectivity index is 1.71. The van der Waals surface area contributed by atoms with Crippen LogP contribution < -0.4 is 15.6 Å². The summed E-state index contributed by atoms with van der Waals surface area (Å²) in [6.45, 7) is 3.78. The molecule has 27 heavy (non-hydrogen) atoms. The first-order valence-corrected chi connectivity index (χ1v) is 8.82. The van der Waals surface area contributed by atoms with Crippen LogP contribution >= 0.6 is 11.6 Å². The number of hydrogen-bond acceptors (Lipinski definition) is 3. The summed E-state index contributed by atoms with van der Waals surface area (Å²) >= 11 is 6.25. The molecule has 0 spiro atoms. The number of amides is 1. The molecule has 0 aliphatic rings. The number of H-pyrrole nitrogens is 1. The fourth-order valence-corrected chi connectivity index (χ4v) is 2.99. The van der Waals surface area contributed by atoms with E-state index < -0.39 is 0 Å². The minimum Gasteiger partial charge on any atom is -0.457 e. The molecule has 3 aromatic rings. The zero-order valence-electron chi connectivity index (χ0n) is 15.0. The van der Waals surface area contributed by atoms with Crippen LogP contribution in [-0.2, 0) is 6.54 Å². The minimum atomic E-state index is -0.356. The average Bonchev–Trinajstić information content (AvgIpc) is 2.61. The van der Waals surface area contributed by atoms with Crippen LogP contribution in [-0.4, -0.2) is 10.9 Å². The van der Waals surface area contributed by atoms with E-state index >= 15 is 0 Å². The van der Waals surface area contributed by atoms with Crippen molar-refractivity contribution in [1.29, 1.82) is 0 Å². The number of nitrogens with one attached hydrogen (secondary N) is 2. The molecule has 0 radical (unpaired) electrons. The highest BCUT2D eigenvalue weighted by atomic mass is 35.5. The number of aromatic amines is 1. The maximum Gasteiger partial charge on any atom is 0.253 e. The number of aryl methyl sites for hydroxylation is 2. The highest BCUT2D eigenvalue weighted by molar-refractivity contribution is 6.34. The van der Waals surface area contributed by atoms with Crippen molar-refractivity contribution in [2.75, 3.05) is 0 Å². The Morgan fingerprint density at radius 1 is 1.07 bits per heavy atom. The van der Waals surface area contributed by atoms with Gasteiger partial charge in [0.05, 0.1) is 10.6 Å². The van der Waals surface area contributed by atoms with E-state index in [4.69, 9.17) is 16.3 Å². The van der Waals surface area contributed by atoms with Crippen molar-refractivity contribution >= 4 is 17.5 Å². The molecule has 1 heterocycles. The molecule has 0 saturated heterocycles. The zero-order chi connectivity index (χ0) is 19.4. The van der Waals surface area contributed by atoms with Crippen LogP contribution in [0.25, 0.3) is 0 Å². The van der Waals surface area contributed by atoms with Crippen LogP contribution in [0.4, 0.5) is 0 Å². The van der Waals surface area contributed by atoms with Crippen molar-refractivity contribution in [3.8, 4) is 11.5 Å². The Morgan fingerprint density at radius 3 is 2.48 bits per heavy atom. The van der Waals surface area contributed by atoms with E-state index in [1.54, 1.807) is 18.2 Å². The summed E-state index contributed by atoms with van der Waals surface area (Å²) < 4.78 is 5.70. The quantitative estimate of drug-likeness (QED) is 0.688. The molecule has 2 N–H and O–H groups in total. The Kier molecular flexibility index (Phi) is 5.62. The van der Waals surface area contributed by atoms with Gasteiger partial charge in [0.2, 0.25) is 0 Å². The number of halogens is 1. The van der Waals surface area contributed by atoms with Crippen LogP contribution in [0.3, 0.4) is 0 Å². The lowest BCUT2D eigenvalue weighted by Gasteiger charge is -2.11. The lowest BCUT2D eigenvalue weighted by atomic mass is 10.1. The Hall–Kier alpha value is -3.05. The summed E-state index contributed by atoms with van der Waals surface area (Å²) in [7, 11) is 0. The molecule has 5 nitrogen and oxygen atoms in total. The molecule has 0 saturated carbocycles. The highest BCUT2D eigenvalue weighted by Gasteiger charge is 2.13. The second kappa shape index (κ2) is 8.10.